The molecule has 1 heterocycles. The molecule has 1 aromatic rings. The highest BCUT2D eigenvalue weighted by atomic mass is 79.9. The summed E-state index contributed by atoms with van der Waals surface area (Å²) in [5.41, 5.74) is 7.14. The molecule has 1 fully saturated rings. The molecular weight excluding hydrogens is 283 g/mol. The van der Waals surface area contributed by atoms with E-state index in [1.807, 2.05) is 6.07 Å². The smallest absolute Gasteiger partial charge is 0.124 e. The Balaban J connectivity index is 2.04. The number of hydrogen-bond donors (Lipinski definition) is 1. The molecule has 2 nitrogen and oxygen atoms in total. The van der Waals surface area contributed by atoms with Crippen molar-refractivity contribution in [2.45, 2.75) is 25.9 Å². The van der Waals surface area contributed by atoms with Crippen molar-refractivity contribution in [3.63, 3.8) is 0 Å². The molecule has 1 aliphatic heterocycles. The minimum atomic E-state index is -0.204. The van der Waals surface area contributed by atoms with Crippen molar-refractivity contribution in [1.82, 2.24) is 4.90 Å². The van der Waals surface area contributed by atoms with E-state index in [4.69, 9.17) is 5.73 Å². The fraction of sp³-hybridized carbons (Fsp3) is 0.538. The molecular formula is C13H18BrFN2. The maximum Gasteiger partial charge on any atom is 0.124 e. The van der Waals surface area contributed by atoms with Gasteiger partial charge in [0, 0.05) is 30.1 Å². The summed E-state index contributed by atoms with van der Waals surface area (Å²) in [7, 11) is 0. The summed E-state index contributed by atoms with van der Waals surface area (Å²) in [6, 6.07) is 5.12. The van der Waals surface area contributed by atoms with Crippen molar-refractivity contribution >= 4 is 15.9 Å². The summed E-state index contributed by atoms with van der Waals surface area (Å²) >= 11 is 3.41. The monoisotopic (exact) mass is 300 g/mol. The van der Waals surface area contributed by atoms with Crippen LogP contribution in [0.2, 0.25) is 0 Å². The van der Waals surface area contributed by atoms with Gasteiger partial charge in [-0.25, -0.2) is 4.39 Å². The Morgan fingerprint density at radius 2 is 2.24 bits per heavy atom. The largest absolute Gasteiger partial charge is 0.327 e. The van der Waals surface area contributed by atoms with Crippen molar-refractivity contribution in [2.24, 2.45) is 11.7 Å². The van der Waals surface area contributed by atoms with Gasteiger partial charge < -0.3 is 5.73 Å². The molecule has 0 aliphatic carbocycles. The van der Waals surface area contributed by atoms with E-state index >= 15 is 0 Å². The lowest BCUT2D eigenvalue weighted by Crippen LogP contribution is -2.45. The third-order valence-electron chi connectivity index (χ3n) is 3.18. The molecule has 0 saturated carbocycles. The summed E-state index contributed by atoms with van der Waals surface area (Å²) in [5.74, 6) is 0.433. The van der Waals surface area contributed by atoms with Crippen LogP contribution in [0.4, 0.5) is 4.39 Å². The normalized spacial score (nSPS) is 26.1. The number of likely N-dealkylation sites (tertiary alicyclic amines) is 1. The quantitative estimate of drug-likeness (QED) is 0.910. The zero-order valence-corrected chi connectivity index (χ0v) is 11.6. The topological polar surface area (TPSA) is 29.3 Å². The first kappa shape index (κ1) is 13.0. The minimum Gasteiger partial charge on any atom is -0.327 e. The molecule has 0 bridgehead atoms. The molecule has 94 valence electrons. The number of nitrogens with two attached hydrogens (primary N) is 1. The van der Waals surface area contributed by atoms with Crippen molar-refractivity contribution < 1.29 is 4.39 Å². The molecule has 4 heteroatoms. The van der Waals surface area contributed by atoms with Crippen LogP contribution in [0.15, 0.2) is 22.7 Å². The average molecular weight is 301 g/mol. The highest BCUT2D eigenvalue weighted by molar-refractivity contribution is 9.10. The number of piperidine rings is 1. The standard InChI is InChI=1S/C13H18BrFN2/c1-9-4-12(16)8-17(6-9)7-10-2-3-11(15)5-13(10)14/h2-3,5,9,12H,4,6-8,16H2,1H3. The van der Waals surface area contributed by atoms with E-state index in [-0.39, 0.29) is 11.9 Å². The van der Waals surface area contributed by atoms with E-state index in [0.29, 0.717) is 5.92 Å². The van der Waals surface area contributed by atoms with Gasteiger partial charge in [-0.05, 0) is 30.0 Å². The fourth-order valence-corrected chi connectivity index (χ4v) is 3.01. The molecule has 2 unspecified atom stereocenters. The molecule has 0 spiro atoms. The van der Waals surface area contributed by atoms with Crippen molar-refractivity contribution in [1.29, 1.82) is 0 Å². The fourth-order valence-electron chi connectivity index (χ4n) is 2.53. The minimum absolute atomic E-state index is 0.204. The van der Waals surface area contributed by atoms with Crippen LogP contribution >= 0.6 is 15.9 Å². The van der Waals surface area contributed by atoms with E-state index in [1.165, 1.54) is 12.1 Å². The first-order valence-electron chi connectivity index (χ1n) is 5.96. The van der Waals surface area contributed by atoms with Gasteiger partial charge in [0.1, 0.15) is 5.82 Å². The maximum atomic E-state index is 13.0. The van der Waals surface area contributed by atoms with Gasteiger partial charge in [0.05, 0.1) is 0 Å². The maximum absolute atomic E-state index is 13.0. The first-order chi connectivity index (χ1) is 8.04. The van der Waals surface area contributed by atoms with Crippen LogP contribution in [0.3, 0.4) is 0 Å². The molecule has 17 heavy (non-hydrogen) atoms. The number of benzene rings is 1. The van der Waals surface area contributed by atoms with Crippen LogP contribution in [0.5, 0.6) is 0 Å². The lowest BCUT2D eigenvalue weighted by Gasteiger charge is -2.34. The Kier molecular flexibility index (Phi) is 4.17. The van der Waals surface area contributed by atoms with E-state index in [9.17, 15) is 4.39 Å². The summed E-state index contributed by atoms with van der Waals surface area (Å²) < 4.78 is 13.8. The van der Waals surface area contributed by atoms with E-state index < -0.39 is 0 Å². The molecule has 2 atom stereocenters. The second-order valence-electron chi connectivity index (χ2n) is 5.03. The Morgan fingerprint density at radius 1 is 1.47 bits per heavy atom. The average Bonchev–Trinajstić information content (AvgIpc) is 2.21. The SMILES string of the molecule is CC1CC(N)CN(Cc2ccc(F)cc2Br)C1. The summed E-state index contributed by atoms with van der Waals surface area (Å²) in [5, 5.41) is 0. The van der Waals surface area contributed by atoms with Crippen LogP contribution < -0.4 is 5.73 Å². The Bertz CT molecular complexity index is 387. The van der Waals surface area contributed by atoms with Crippen molar-refractivity contribution in [2.75, 3.05) is 13.1 Å². The van der Waals surface area contributed by atoms with Crippen LogP contribution in [0.25, 0.3) is 0 Å². The third-order valence-corrected chi connectivity index (χ3v) is 3.91. The molecule has 2 N–H and O–H groups in total. The molecule has 0 radical (unpaired) electrons. The zero-order chi connectivity index (χ0) is 12.4. The predicted molar refractivity (Wildman–Crippen MR) is 71.1 cm³/mol. The lowest BCUT2D eigenvalue weighted by molar-refractivity contribution is 0.158. The van der Waals surface area contributed by atoms with E-state index in [2.05, 4.69) is 27.8 Å². The van der Waals surface area contributed by atoms with Crippen LogP contribution in [0.1, 0.15) is 18.9 Å². The second kappa shape index (κ2) is 5.46. The molecule has 0 aromatic heterocycles. The lowest BCUT2D eigenvalue weighted by atomic mass is 9.96. The Labute approximate surface area is 110 Å². The number of nitrogens with zero attached hydrogens (tertiary/aromatic N) is 1. The summed E-state index contributed by atoms with van der Waals surface area (Å²) in [6.45, 7) is 5.05. The number of rotatable bonds is 2. The summed E-state index contributed by atoms with van der Waals surface area (Å²) in [4.78, 5) is 2.34. The Hall–Kier alpha value is -0.450. The van der Waals surface area contributed by atoms with Gasteiger partial charge >= 0.3 is 0 Å². The van der Waals surface area contributed by atoms with Gasteiger partial charge in [0.15, 0.2) is 0 Å². The van der Waals surface area contributed by atoms with Crippen molar-refractivity contribution in [3.8, 4) is 0 Å². The van der Waals surface area contributed by atoms with Gasteiger partial charge in [-0.2, -0.15) is 0 Å². The number of halogens is 2. The van der Waals surface area contributed by atoms with Crippen LogP contribution in [-0.4, -0.2) is 24.0 Å². The van der Waals surface area contributed by atoms with Crippen LogP contribution in [-0.2, 0) is 6.54 Å². The van der Waals surface area contributed by atoms with Gasteiger partial charge in [-0.3, -0.25) is 4.90 Å². The van der Waals surface area contributed by atoms with Gasteiger partial charge in [-0.1, -0.05) is 28.9 Å². The third kappa shape index (κ3) is 3.50. The van der Waals surface area contributed by atoms with Crippen molar-refractivity contribution in [3.05, 3.63) is 34.1 Å². The van der Waals surface area contributed by atoms with Crippen LogP contribution in [0, 0.1) is 11.7 Å². The second-order valence-corrected chi connectivity index (χ2v) is 5.89. The van der Waals surface area contributed by atoms with Gasteiger partial charge in [0.2, 0.25) is 0 Å². The molecule has 1 aromatic carbocycles. The Morgan fingerprint density at radius 3 is 2.88 bits per heavy atom. The zero-order valence-electron chi connectivity index (χ0n) is 10.00. The van der Waals surface area contributed by atoms with Gasteiger partial charge in [-0.15, -0.1) is 0 Å². The predicted octanol–water partition coefficient (Wildman–Crippen LogP) is 2.76. The van der Waals surface area contributed by atoms with Gasteiger partial charge in [0.25, 0.3) is 0 Å². The molecule has 1 saturated heterocycles. The summed E-state index contributed by atoms with van der Waals surface area (Å²) in [6.07, 6.45) is 1.10. The van der Waals surface area contributed by atoms with E-state index in [1.54, 1.807) is 0 Å². The highest BCUT2D eigenvalue weighted by Gasteiger charge is 2.22. The molecule has 1 aliphatic rings. The molecule has 0 amide bonds. The first-order valence-corrected chi connectivity index (χ1v) is 6.75. The number of hydrogen-bond acceptors (Lipinski definition) is 2. The van der Waals surface area contributed by atoms with E-state index in [0.717, 1.165) is 36.1 Å². The highest BCUT2D eigenvalue weighted by Crippen LogP contribution is 2.22. The molecule has 2 rings (SSSR count).